The van der Waals surface area contributed by atoms with Gasteiger partial charge in [-0.15, -0.1) is 0 Å². The van der Waals surface area contributed by atoms with E-state index in [0.717, 1.165) is 84.9 Å². The van der Waals surface area contributed by atoms with Crippen LogP contribution in [-0.4, -0.2) is 75.7 Å². The minimum Gasteiger partial charge on any atom is -0.491 e. The lowest BCUT2D eigenvalue weighted by atomic mass is 9.89. The molecule has 4 atom stereocenters. The summed E-state index contributed by atoms with van der Waals surface area (Å²) in [7, 11) is 2.56. The first-order chi connectivity index (χ1) is 25.1. The van der Waals surface area contributed by atoms with E-state index in [2.05, 4.69) is 103 Å². The second kappa shape index (κ2) is 18.3. The number of hydrogen-bond donors (Lipinski definition) is 1. The first-order valence-electron chi connectivity index (χ1n) is 18.5. The predicted octanol–water partition coefficient (Wildman–Crippen LogP) is 9.46. The van der Waals surface area contributed by atoms with Crippen molar-refractivity contribution in [3.8, 4) is 5.75 Å². The number of anilines is 3. The number of rotatable bonds is 17. The number of halogens is 1. The lowest BCUT2D eigenvalue weighted by Gasteiger charge is -2.38. The smallest absolute Gasteiger partial charge is 0.122 e. The van der Waals surface area contributed by atoms with E-state index in [9.17, 15) is 0 Å². The summed E-state index contributed by atoms with van der Waals surface area (Å²) in [6, 6.07) is 21.4. The number of hydrazone groups is 1. The molecule has 0 saturated carbocycles. The van der Waals surface area contributed by atoms with Gasteiger partial charge in [-0.25, -0.2) is 0 Å². The van der Waals surface area contributed by atoms with Gasteiger partial charge >= 0.3 is 0 Å². The lowest BCUT2D eigenvalue weighted by molar-refractivity contribution is -0.0737. The minimum absolute atomic E-state index is 0.0715. The van der Waals surface area contributed by atoms with Crippen LogP contribution < -0.4 is 19.4 Å². The molecule has 4 unspecified atom stereocenters. The van der Waals surface area contributed by atoms with Crippen molar-refractivity contribution < 1.29 is 9.47 Å². The molecule has 5 rings (SSSR count). The standard InChI is InChI=1S/C42H56ClN6O2P/c1-8-21-45-46(7)29-42(39-17-11-31(4)26-40(39)43)20-19-38(51-42)28-50-41-18-16-37(27-34(41)10-3)48-24-22-47(23-25-48)35-12-14-36(15-13-35)49(30-44)33(6)52-32(5)9-2/h8,11-18,21,26-27,30,32,38,44,52H,1,6,9-10,19-20,22-25,28-29H2,2-5,7H3/b44-30?,45-21-. The molecule has 3 aromatic rings. The topological polar surface area (TPSA) is 67.6 Å². The van der Waals surface area contributed by atoms with Gasteiger partial charge in [-0.2, -0.15) is 5.10 Å². The van der Waals surface area contributed by atoms with E-state index < -0.39 is 5.60 Å². The van der Waals surface area contributed by atoms with Crippen molar-refractivity contribution >= 4 is 49.8 Å². The van der Waals surface area contributed by atoms with Crippen molar-refractivity contribution in [2.24, 2.45) is 5.10 Å². The van der Waals surface area contributed by atoms with Crippen molar-refractivity contribution in [1.82, 2.24) is 5.01 Å². The molecule has 0 aliphatic carbocycles. The molecule has 2 saturated heterocycles. The minimum atomic E-state index is -0.586. The van der Waals surface area contributed by atoms with Crippen molar-refractivity contribution in [3.63, 3.8) is 0 Å². The SMILES string of the molecule is C=C/C=N\N(C)CC1(c2ccc(C)cc2Cl)CCC(COc2ccc(N3CCN(c4ccc(N(C=N)C(=C)PC(C)CC)cc4)CC3)cc2CC)O1. The van der Waals surface area contributed by atoms with Gasteiger partial charge in [-0.1, -0.05) is 66.2 Å². The Labute approximate surface area is 318 Å². The van der Waals surface area contributed by atoms with E-state index >= 15 is 0 Å². The van der Waals surface area contributed by atoms with Gasteiger partial charge in [-0.05, 0) is 104 Å². The van der Waals surface area contributed by atoms with Crippen LogP contribution in [0, 0.1) is 12.3 Å². The maximum absolute atomic E-state index is 7.98. The second-order valence-corrected chi connectivity index (χ2v) is 16.2. The monoisotopic (exact) mass is 742 g/mol. The van der Waals surface area contributed by atoms with Gasteiger partial charge in [-0.3, -0.25) is 10.4 Å². The summed E-state index contributed by atoms with van der Waals surface area (Å²) in [4.78, 5) is 6.81. The number of aryl methyl sites for hydroxylation is 2. The summed E-state index contributed by atoms with van der Waals surface area (Å²) in [6.07, 6.45) is 8.36. The van der Waals surface area contributed by atoms with E-state index in [1.54, 1.807) is 12.3 Å². The third-order valence-electron chi connectivity index (χ3n) is 10.2. The van der Waals surface area contributed by atoms with Crippen LogP contribution in [0.15, 0.2) is 90.4 Å². The molecular weight excluding hydrogens is 687 g/mol. The van der Waals surface area contributed by atoms with Gasteiger partial charge in [0, 0.05) is 72.5 Å². The van der Waals surface area contributed by atoms with E-state index in [1.807, 2.05) is 29.9 Å². The number of allylic oxidation sites excluding steroid dienone is 1. The quantitative estimate of drug-likeness (QED) is 0.0644. The van der Waals surface area contributed by atoms with E-state index in [0.29, 0.717) is 27.4 Å². The first kappa shape index (κ1) is 39.4. The molecule has 52 heavy (non-hydrogen) atoms. The number of hydrogen-bond acceptors (Lipinski definition) is 7. The Morgan fingerprint density at radius 2 is 1.79 bits per heavy atom. The fourth-order valence-corrected chi connectivity index (χ4v) is 8.60. The van der Waals surface area contributed by atoms with Crippen LogP contribution in [0.25, 0.3) is 0 Å². The Balaban J connectivity index is 1.18. The van der Waals surface area contributed by atoms with Crippen molar-refractivity contribution in [2.45, 2.75) is 70.7 Å². The molecule has 0 bridgehead atoms. The Morgan fingerprint density at radius 1 is 1.10 bits per heavy atom. The highest BCUT2D eigenvalue weighted by Gasteiger charge is 2.44. The highest BCUT2D eigenvalue weighted by Crippen LogP contribution is 2.43. The first-order valence-corrected chi connectivity index (χ1v) is 20.0. The maximum atomic E-state index is 7.98. The molecule has 2 aliphatic heterocycles. The van der Waals surface area contributed by atoms with Gasteiger partial charge < -0.3 is 24.2 Å². The van der Waals surface area contributed by atoms with Gasteiger partial charge in [0.25, 0.3) is 0 Å². The fraction of sp³-hybridized carbons (Fsp3) is 0.429. The Hall–Kier alpha value is -3.84. The van der Waals surface area contributed by atoms with Crippen LogP contribution in [0.5, 0.6) is 5.75 Å². The molecule has 0 amide bonds. The number of likely N-dealkylation sites (N-methyl/N-ethyl adjacent to an activating group) is 1. The van der Waals surface area contributed by atoms with Gasteiger partial charge in [0.05, 0.1) is 19.0 Å². The lowest BCUT2D eigenvalue weighted by Crippen LogP contribution is -2.46. The number of benzene rings is 3. The molecule has 0 radical (unpaired) electrons. The second-order valence-electron chi connectivity index (χ2n) is 13.9. The molecule has 8 nitrogen and oxygen atoms in total. The zero-order valence-electron chi connectivity index (χ0n) is 31.6. The molecule has 278 valence electrons. The number of ether oxygens (including phenoxy) is 2. The summed E-state index contributed by atoms with van der Waals surface area (Å²) in [6.45, 7) is 21.5. The average molecular weight is 743 g/mol. The van der Waals surface area contributed by atoms with Gasteiger partial charge in [0.15, 0.2) is 0 Å². The van der Waals surface area contributed by atoms with Crippen LogP contribution in [0.3, 0.4) is 0 Å². The summed E-state index contributed by atoms with van der Waals surface area (Å²) in [5.74, 6) is 0.915. The molecule has 2 fully saturated rings. The largest absolute Gasteiger partial charge is 0.491 e. The Morgan fingerprint density at radius 3 is 2.42 bits per heavy atom. The summed E-state index contributed by atoms with van der Waals surface area (Å²) in [5.41, 5.74) is 7.71. The maximum Gasteiger partial charge on any atom is 0.122 e. The highest BCUT2D eigenvalue weighted by atomic mass is 35.5. The van der Waals surface area contributed by atoms with Crippen LogP contribution in [0.1, 0.15) is 56.7 Å². The number of nitrogens with one attached hydrogen (secondary N) is 1. The molecule has 0 aromatic heterocycles. The Kier molecular flexibility index (Phi) is 13.8. The zero-order chi connectivity index (χ0) is 37.3. The van der Waals surface area contributed by atoms with Crippen LogP contribution in [-0.2, 0) is 16.8 Å². The van der Waals surface area contributed by atoms with Gasteiger partial charge in [0.1, 0.15) is 18.0 Å². The van der Waals surface area contributed by atoms with Crippen LogP contribution in [0.4, 0.5) is 17.1 Å². The van der Waals surface area contributed by atoms with Gasteiger partial charge in [0.2, 0.25) is 0 Å². The van der Waals surface area contributed by atoms with Crippen molar-refractivity contribution in [3.05, 3.63) is 107 Å². The molecule has 2 aliphatic rings. The van der Waals surface area contributed by atoms with E-state index in [1.165, 1.54) is 23.3 Å². The third-order valence-corrected chi connectivity index (χ3v) is 12.0. The normalized spacial score (nSPS) is 19.7. The van der Waals surface area contributed by atoms with E-state index in [-0.39, 0.29) is 6.10 Å². The average Bonchev–Trinajstić information content (AvgIpc) is 3.56. The molecule has 10 heteroatoms. The molecule has 1 N–H and O–H groups in total. The molecule has 2 heterocycles. The van der Waals surface area contributed by atoms with Crippen LogP contribution >= 0.6 is 20.2 Å². The number of nitrogens with zero attached hydrogens (tertiary/aromatic N) is 5. The van der Waals surface area contributed by atoms with Crippen molar-refractivity contribution in [1.29, 1.82) is 5.41 Å². The van der Waals surface area contributed by atoms with Crippen molar-refractivity contribution in [2.75, 3.05) is 61.1 Å². The number of piperazine rings is 1. The highest BCUT2D eigenvalue weighted by molar-refractivity contribution is 7.44. The molecular formula is C42H56ClN6O2P. The third kappa shape index (κ3) is 9.57. The Bertz CT molecular complexity index is 1710. The predicted molar refractivity (Wildman–Crippen MR) is 224 cm³/mol. The summed E-state index contributed by atoms with van der Waals surface area (Å²) in [5, 5.41) is 15.1. The summed E-state index contributed by atoms with van der Waals surface area (Å²) < 4.78 is 13.3. The molecule has 0 spiro atoms. The fourth-order valence-electron chi connectivity index (χ4n) is 7.08. The zero-order valence-corrected chi connectivity index (χ0v) is 33.3. The summed E-state index contributed by atoms with van der Waals surface area (Å²) >= 11 is 6.81. The molecule has 3 aromatic carbocycles. The van der Waals surface area contributed by atoms with Crippen LogP contribution in [0.2, 0.25) is 5.02 Å². The van der Waals surface area contributed by atoms with E-state index in [4.69, 9.17) is 26.5 Å².